The van der Waals surface area contributed by atoms with Crippen molar-refractivity contribution in [1.29, 1.82) is 0 Å². The first kappa shape index (κ1) is 15.3. The number of likely N-dealkylation sites (N-methyl/N-ethyl adjacent to an activating group) is 1. The van der Waals surface area contributed by atoms with Crippen LogP contribution < -0.4 is 9.46 Å². The van der Waals surface area contributed by atoms with Gasteiger partial charge in [0.05, 0.1) is 12.0 Å². The van der Waals surface area contributed by atoms with E-state index >= 15 is 0 Å². The Morgan fingerprint density at radius 2 is 2.05 bits per heavy atom. The van der Waals surface area contributed by atoms with E-state index in [1.165, 1.54) is 0 Å². The van der Waals surface area contributed by atoms with Crippen LogP contribution in [0.15, 0.2) is 23.1 Å². The molecule has 1 saturated heterocycles. The Bertz CT molecular complexity index is 586. The van der Waals surface area contributed by atoms with Crippen molar-refractivity contribution in [2.45, 2.75) is 24.8 Å². The van der Waals surface area contributed by atoms with Crippen molar-refractivity contribution >= 4 is 10.0 Å². The first-order valence-electron chi connectivity index (χ1n) is 6.69. The van der Waals surface area contributed by atoms with Gasteiger partial charge in [0, 0.05) is 19.1 Å². The first-order valence-corrected chi connectivity index (χ1v) is 8.17. The average Bonchev–Trinajstić information content (AvgIpc) is 2.67. The molecule has 1 aromatic rings. The van der Waals surface area contributed by atoms with Gasteiger partial charge < -0.3 is 9.64 Å². The van der Waals surface area contributed by atoms with E-state index < -0.39 is 10.0 Å². The fourth-order valence-corrected chi connectivity index (χ4v) is 4.07. The number of ether oxygens (including phenoxy) is 1. The summed E-state index contributed by atoms with van der Waals surface area (Å²) in [6.07, 6.45) is 0. The fourth-order valence-electron chi connectivity index (χ4n) is 2.65. The van der Waals surface area contributed by atoms with Crippen molar-refractivity contribution in [2.75, 3.05) is 27.2 Å². The van der Waals surface area contributed by atoms with Crippen molar-refractivity contribution in [3.63, 3.8) is 0 Å². The fraction of sp³-hybridized carbons (Fsp3) is 0.571. The molecule has 1 aliphatic rings. The van der Waals surface area contributed by atoms with Crippen LogP contribution in [-0.4, -0.2) is 46.6 Å². The molecule has 20 heavy (non-hydrogen) atoms. The number of aryl methyl sites for hydroxylation is 1. The summed E-state index contributed by atoms with van der Waals surface area (Å²) in [6.45, 7) is 5.56. The van der Waals surface area contributed by atoms with Crippen LogP contribution in [0.25, 0.3) is 0 Å². The number of benzene rings is 1. The minimum Gasteiger partial charge on any atom is -0.496 e. The molecule has 2 rings (SSSR count). The van der Waals surface area contributed by atoms with Crippen LogP contribution >= 0.6 is 0 Å². The summed E-state index contributed by atoms with van der Waals surface area (Å²) in [5, 5.41) is 0. The van der Waals surface area contributed by atoms with Gasteiger partial charge in [-0.2, -0.15) is 0 Å². The maximum absolute atomic E-state index is 12.4. The van der Waals surface area contributed by atoms with Crippen LogP contribution in [0.2, 0.25) is 0 Å². The molecular weight excluding hydrogens is 276 g/mol. The molecule has 2 atom stereocenters. The quantitative estimate of drug-likeness (QED) is 0.908. The molecule has 0 amide bonds. The van der Waals surface area contributed by atoms with Crippen LogP contribution in [-0.2, 0) is 10.0 Å². The Balaban J connectivity index is 2.20. The van der Waals surface area contributed by atoms with Crippen molar-refractivity contribution in [2.24, 2.45) is 5.92 Å². The molecule has 1 heterocycles. The largest absolute Gasteiger partial charge is 0.496 e. The second kappa shape index (κ2) is 5.71. The predicted molar refractivity (Wildman–Crippen MR) is 78.5 cm³/mol. The first-order chi connectivity index (χ1) is 9.33. The Labute approximate surface area is 121 Å². The number of hydrogen-bond acceptors (Lipinski definition) is 4. The number of likely N-dealkylation sites (tertiary alicyclic amines) is 1. The SMILES string of the molecule is COc1ccc(S(=O)(=O)N[C@@H]2CN(C)C[C@H]2C)cc1C. The molecule has 0 saturated carbocycles. The Morgan fingerprint density at radius 3 is 2.55 bits per heavy atom. The van der Waals surface area contributed by atoms with Crippen LogP contribution in [0, 0.1) is 12.8 Å². The second-order valence-corrected chi connectivity index (χ2v) is 7.27. The lowest BCUT2D eigenvalue weighted by molar-refractivity contribution is 0.400. The minimum atomic E-state index is -3.48. The number of nitrogens with zero attached hydrogens (tertiary/aromatic N) is 1. The summed E-state index contributed by atoms with van der Waals surface area (Å²) in [5.74, 6) is 1.01. The molecular formula is C14H22N2O3S. The van der Waals surface area contributed by atoms with Gasteiger partial charge in [-0.15, -0.1) is 0 Å². The van der Waals surface area contributed by atoms with Crippen molar-refractivity contribution in [1.82, 2.24) is 9.62 Å². The summed E-state index contributed by atoms with van der Waals surface area (Å²) in [7, 11) is 0.0968. The van der Waals surface area contributed by atoms with E-state index in [1.807, 2.05) is 14.0 Å². The maximum Gasteiger partial charge on any atom is 0.240 e. The molecule has 0 aromatic heterocycles. The highest BCUT2D eigenvalue weighted by molar-refractivity contribution is 7.89. The van der Waals surface area contributed by atoms with Gasteiger partial charge in [-0.05, 0) is 43.7 Å². The van der Waals surface area contributed by atoms with E-state index in [0.717, 1.165) is 18.7 Å². The van der Waals surface area contributed by atoms with E-state index in [2.05, 4.69) is 16.5 Å². The number of hydrogen-bond donors (Lipinski definition) is 1. The van der Waals surface area contributed by atoms with Crippen LogP contribution in [0.5, 0.6) is 5.75 Å². The highest BCUT2D eigenvalue weighted by Gasteiger charge is 2.31. The molecule has 6 heteroatoms. The van der Waals surface area contributed by atoms with Crippen molar-refractivity contribution in [3.8, 4) is 5.75 Å². The predicted octanol–water partition coefficient (Wildman–Crippen LogP) is 1.23. The second-order valence-electron chi connectivity index (χ2n) is 5.56. The molecule has 0 spiro atoms. The van der Waals surface area contributed by atoms with Gasteiger partial charge in [-0.25, -0.2) is 13.1 Å². The number of nitrogens with one attached hydrogen (secondary N) is 1. The zero-order chi connectivity index (χ0) is 14.9. The lowest BCUT2D eigenvalue weighted by atomic mass is 10.1. The summed E-state index contributed by atoms with van der Waals surface area (Å²) in [4.78, 5) is 2.43. The van der Waals surface area contributed by atoms with E-state index in [4.69, 9.17) is 4.74 Å². The topological polar surface area (TPSA) is 58.6 Å². The van der Waals surface area contributed by atoms with Gasteiger partial charge in [-0.3, -0.25) is 0 Å². The molecule has 112 valence electrons. The van der Waals surface area contributed by atoms with Gasteiger partial charge in [0.15, 0.2) is 0 Å². The third-order valence-electron chi connectivity index (χ3n) is 3.78. The summed E-state index contributed by atoms with van der Waals surface area (Å²) in [6, 6.07) is 4.88. The molecule has 0 bridgehead atoms. The molecule has 0 unspecified atom stereocenters. The molecule has 0 radical (unpaired) electrons. The summed E-state index contributed by atoms with van der Waals surface area (Å²) >= 11 is 0. The molecule has 1 aliphatic heterocycles. The Kier molecular flexibility index (Phi) is 4.36. The summed E-state index contributed by atoms with van der Waals surface area (Å²) in [5.41, 5.74) is 0.812. The van der Waals surface area contributed by atoms with E-state index in [9.17, 15) is 8.42 Å². The molecule has 1 N–H and O–H groups in total. The number of sulfonamides is 1. The van der Waals surface area contributed by atoms with E-state index in [0.29, 0.717) is 11.7 Å². The third-order valence-corrected chi connectivity index (χ3v) is 5.27. The van der Waals surface area contributed by atoms with Gasteiger partial charge in [0.25, 0.3) is 0 Å². The smallest absolute Gasteiger partial charge is 0.240 e. The van der Waals surface area contributed by atoms with Gasteiger partial charge in [-0.1, -0.05) is 6.92 Å². The lowest BCUT2D eigenvalue weighted by Crippen LogP contribution is -2.39. The number of rotatable bonds is 4. The van der Waals surface area contributed by atoms with Crippen LogP contribution in [0.1, 0.15) is 12.5 Å². The van der Waals surface area contributed by atoms with Crippen molar-refractivity contribution < 1.29 is 13.2 Å². The highest BCUT2D eigenvalue weighted by Crippen LogP contribution is 2.23. The zero-order valence-corrected chi connectivity index (χ0v) is 13.2. The Morgan fingerprint density at radius 1 is 1.35 bits per heavy atom. The van der Waals surface area contributed by atoms with Gasteiger partial charge in [0.2, 0.25) is 10.0 Å². The molecule has 1 fully saturated rings. The molecule has 5 nitrogen and oxygen atoms in total. The summed E-state index contributed by atoms with van der Waals surface area (Å²) < 4.78 is 32.8. The monoisotopic (exact) mass is 298 g/mol. The number of methoxy groups -OCH3 is 1. The normalized spacial score (nSPS) is 24.0. The molecule has 0 aliphatic carbocycles. The van der Waals surface area contributed by atoms with Crippen LogP contribution in [0.3, 0.4) is 0 Å². The van der Waals surface area contributed by atoms with E-state index in [1.54, 1.807) is 25.3 Å². The zero-order valence-electron chi connectivity index (χ0n) is 12.4. The Hall–Kier alpha value is -1.11. The molecule has 1 aromatic carbocycles. The third kappa shape index (κ3) is 3.13. The highest BCUT2D eigenvalue weighted by atomic mass is 32.2. The van der Waals surface area contributed by atoms with Gasteiger partial charge in [0.1, 0.15) is 5.75 Å². The van der Waals surface area contributed by atoms with Crippen LogP contribution in [0.4, 0.5) is 0 Å². The van der Waals surface area contributed by atoms with Crippen molar-refractivity contribution in [3.05, 3.63) is 23.8 Å². The standard InChI is InChI=1S/C14H22N2O3S/c1-10-7-12(5-6-14(10)19-4)20(17,18)15-13-9-16(3)8-11(13)2/h5-7,11,13,15H,8-9H2,1-4H3/t11-,13-/m1/s1. The van der Waals surface area contributed by atoms with Gasteiger partial charge >= 0.3 is 0 Å². The average molecular weight is 298 g/mol. The lowest BCUT2D eigenvalue weighted by Gasteiger charge is -2.17. The van der Waals surface area contributed by atoms with E-state index in [-0.39, 0.29) is 10.9 Å². The minimum absolute atomic E-state index is 0.0348. The maximum atomic E-state index is 12.4.